The predicted octanol–water partition coefficient (Wildman–Crippen LogP) is 7.82. The van der Waals surface area contributed by atoms with Crippen LogP contribution in [0.3, 0.4) is 0 Å². The molecule has 304 valence electrons. The number of thiazole rings is 2. The van der Waals surface area contributed by atoms with Gasteiger partial charge in [-0.05, 0) is 85.6 Å². The van der Waals surface area contributed by atoms with Crippen LogP contribution in [0.5, 0.6) is 0 Å². The molecule has 2 saturated heterocycles. The van der Waals surface area contributed by atoms with Crippen molar-refractivity contribution in [1.82, 2.24) is 18.6 Å². The minimum absolute atomic E-state index is 0.00257. The average molecular weight is 871 g/mol. The van der Waals surface area contributed by atoms with Crippen LogP contribution in [0.25, 0.3) is 22.5 Å². The molecule has 0 N–H and O–H groups in total. The Bertz CT molecular complexity index is 2460. The van der Waals surface area contributed by atoms with E-state index in [0.29, 0.717) is 55.7 Å². The molecule has 4 aromatic carbocycles. The molecular weight excluding hydrogens is 833 g/mol. The number of aryl methyl sites for hydroxylation is 2. The Kier molecular flexibility index (Phi) is 12.3. The smallest absolute Gasteiger partial charge is 0.243 e. The van der Waals surface area contributed by atoms with Gasteiger partial charge in [0.25, 0.3) is 0 Å². The topological polar surface area (TPSA) is 107 Å². The van der Waals surface area contributed by atoms with E-state index in [-0.39, 0.29) is 22.9 Å². The molecule has 6 aromatic rings. The highest BCUT2D eigenvalue weighted by Gasteiger charge is 2.31. The van der Waals surface area contributed by atoms with Crippen molar-refractivity contribution in [1.29, 1.82) is 0 Å². The Labute approximate surface area is 342 Å². The van der Waals surface area contributed by atoms with Gasteiger partial charge < -0.3 is 9.80 Å². The second kappa shape index (κ2) is 17.2. The van der Waals surface area contributed by atoms with Gasteiger partial charge >= 0.3 is 0 Å². The van der Waals surface area contributed by atoms with Crippen LogP contribution in [0.1, 0.15) is 11.1 Å². The maximum atomic E-state index is 13.5. The van der Waals surface area contributed by atoms with Gasteiger partial charge in [-0.15, -0.1) is 22.7 Å². The number of hydrogen-bond donors (Lipinski definition) is 0. The van der Waals surface area contributed by atoms with Gasteiger partial charge in [-0.1, -0.05) is 24.3 Å². The van der Waals surface area contributed by atoms with Gasteiger partial charge in [-0.25, -0.2) is 44.4 Å². The minimum Gasteiger partial charge on any atom is -0.345 e. The van der Waals surface area contributed by atoms with Gasteiger partial charge in [0, 0.05) is 74.2 Å². The Balaban J connectivity index is 0.000000177. The van der Waals surface area contributed by atoms with Crippen molar-refractivity contribution in [3.05, 3.63) is 130 Å². The van der Waals surface area contributed by atoms with Crippen molar-refractivity contribution < 1.29 is 34.4 Å². The number of halogens is 4. The summed E-state index contributed by atoms with van der Waals surface area (Å²) in [7, 11) is -7.45. The van der Waals surface area contributed by atoms with E-state index in [1.165, 1.54) is 73.5 Å². The third kappa shape index (κ3) is 9.11. The van der Waals surface area contributed by atoms with E-state index in [1.54, 1.807) is 16.7 Å². The van der Waals surface area contributed by atoms with Crippen molar-refractivity contribution >= 4 is 53.0 Å². The number of anilines is 2. The number of piperazine rings is 2. The Hall–Kier alpha value is -4.72. The molecular formula is C40H38F4N6O4S4. The monoisotopic (exact) mass is 870 g/mol. The van der Waals surface area contributed by atoms with Crippen LogP contribution >= 0.6 is 22.7 Å². The van der Waals surface area contributed by atoms with Gasteiger partial charge in [0.15, 0.2) is 21.9 Å². The number of benzene rings is 4. The molecule has 4 heterocycles. The molecule has 8 rings (SSSR count). The van der Waals surface area contributed by atoms with E-state index in [1.807, 2.05) is 10.3 Å². The van der Waals surface area contributed by atoms with Crippen molar-refractivity contribution in [2.45, 2.75) is 23.6 Å². The molecule has 18 heteroatoms. The van der Waals surface area contributed by atoms with E-state index in [4.69, 9.17) is 4.98 Å². The Morgan fingerprint density at radius 2 is 0.966 bits per heavy atom. The quantitative estimate of drug-likeness (QED) is 0.143. The van der Waals surface area contributed by atoms with Crippen LogP contribution < -0.4 is 9.80 Å². The lowest BCUT2D eigenvalue weighted by Gasteiger charge is -2.33. The van der Waals surface area contributed by atoms with Gasteiger partial charge in [-0.3, -0.25) is 0 Å². The minimum atomic E-state index is -3.76. The molecule has 2 fully saturated rings. The summed E-state index contributed by atoms with van der Waals surface area (Å²) >= 11 is 2.91. The summed E-state index contributed by atoms with van der Waals surface area (Å²) in [5.41, 5.74) is 5.50. The van der Waals surface area contributed by atoms with Crippen LogP contribution in [0.2, 0.25) is 0 Å². The average Bonchev–Trinajstić information content (AvgIpc) is 3.92. The lowest BCUT2D eigenvalue weighted by atomic mass is 10.1. The summed E-state index contributed by atoms with van der Waals surface area (Å²) in [5, 5.41) is 5.35. The maximum Gasteiger partial charge on any atom is 0.243 e. The summed E-state index contributed by atoms with van der Waals surface area (Å²) in [6.07, 6.45) is 0. The number of aromatic nitrogens is 2. The Morgan fingerprint density at radius 1 is 0.517 bits per heavy atom. The van der Waals surface area contributed by atoms with Crippen molar-refractivity contribution in [2.75, 3.05) is 62.2 Å². The second-order valence-corrected chi connectivity index (χ2v) is 19.2. The first-order chi connectivity index (χ1) is 27.7. The van der Waals surface area contributed by atoms with E-state index in [2.05, 4.69) is 41.9 Å². The third-order valence-electron chi connectivity index (χ3n) is 9.89. The van der Waals surface area contributed by atoms with Crippen LogP contribution in [0, 0.1) is 37.1 Å². The molecule has 0 aliphatic carbocycles. The lowest BCUT2D eigenvalue weighted by Crippen LogP contribution is -2.48. The molecule has 2 aromatic heterocycles. The van der Waals surface area contributed by atoms with Crippen LogP contribution in [0.15, 0.2) is 105 Å². The molecule has 58 heavy (non-hydrogen) atoms. The fourth-order valence-corrected chi connectivity index (χ4v) is 11.1. The van der Waals surface area contributed by atoms with Crippen molar-refractivity contribution in [2.24, 2.45) is 0 Å². The Morgan fingerprint density at radius 3 is 1.40 bits per heavy atom. The van der Waals surface area contributed by atoms with Gasteiger partial charge in [-0.2, -0.15) is 8.61 Å². The first kappa shape index (κ1) is 41.4. The first-order valence-corrected chi connectivity index (χ1v) is 22.8. The van der Waals surface area contributed by atoms with Crippen LogP contribution in [-0.4, -0.2) is 87.8 Å². The third-order valence-corrected chi connectivity index (χ3v) is 15.5. The molecule has 0 saturated carbocycles. The maximum absolute atomic E-state index is 13.5. The SMILES string of the molecule is Cc1ccc(-c2csc(N3CCN(S(=O)(=O)c4cccc(F)c4)CC3)n2)cc1C.O=S(=O)(c1cccc(F)c1)N1CCN(c2nc(-c3ccc(F)c(F)c3)cs2)CC1. The summed E-state index contributed by atoms with van der Waals surface area (Å²) in [5.74, 6) is -3.00. The van der Waals surface area contributed by atoms with Crippen molar-refractivity contribution in [3.63, 3.8) is 0 Å². The number of hydrogen-bond acceptors (Lipinski definition) is 10. The summed E-state index contributed by atoms with van der Waals surface area (Å²) < 4.78 is 107. The predicted molar refractivity (Wildman–Crippen MR) is 219 cm³/mol. The normalized spacial score (nSPS) is 15.6. The highest BCUT2D eigenvalue weighted by Crippen LogP contribution is 2.32. The highest BCUT2D eigenvalue weighted by atomic mass is 32.2. The van der Waals surface area contributed by atoms with E-state index in [9.17, 15) is 34.4 Å². The number of rotatable bonds is 8. The summed E-state index contributed by atoms with van der Waals surface area (Å²) in [4.78, 5) is 13.2. The molecule has 0 amide bonds. The molecule has 0 atom stereocenters. The summed E-state index contributed by atoms with van der Waals surface area (Å²) in [6, 6.07) is 20.0. The second-order valence-electron chi connectivity index (χ2n) is 13.7. The zero-order valence-corrected chi connectivity index (χ0v) is 34.6. The first-order valence-electron chi connectivity index (χ1n) is 18.1. The fourth-order valence-electron chi connectivity index (χ4n) is 6.43. The molecule has 0 radical (unpaired) electrons. The van der Waals surface area contributed by atoms with Crippen molar-refractivity contribution in [3.8, 4) is 22.5 Å². The molecule has 0 unspecified atom stereocenters. The standard InChI is InChI=1S/C21H22FN3O2S2.C19H16F3N3O2S2/c1-15-6-7-17(12-16(15)2)20-14-28-21(23-20)24-8-10-25(11-9-24)29(26,27)19-5-3-4-18(22)13-19;20-14-2-1-3-15(11-14)29(26,27)25-8-6-24(7-9-25)19-23-18(12-28-19)13-4-5-16(21)17(22)10-13/h3-7,12-14H,8-11H2,1-2H3;1-5,10-12H,6-9H2. The highest BCUT2D eigenvalue weighted by molar-refractivity contribution is 7.89. The number of nitrogens with zero attached hydrogens (tertiary/aromatic N) is 6. The summed E-state index contributed by atoms with van der Waals surface area (Å²) in [6.45, 7) is 7.27. The van der Waals surface area contributed by atoms with E-state index >= 15 is 0 Å². The molecule has 10 nitrogen and oxygen atoms in total. The van der Waals surface area contributed by atoms with E-state index in [0.717, 1.165) is 40.7 Å². The zero-order chi connectivity index (χ0) is 41.2. The van der Waals surface area contributed by atoms with Crippen LogP contribution in [-0.2, 0) is 20.0 Å². The zero-order valence-electron chi connectivity index (χ0n) is 31.4. The lowest BCUT2D eigenvalue weighted by molar-refractivity contribution is 0.384. The van der Waals surface area contributed by atoms with Gasteiger partial charge in [0.1, 0.15) is 11.6 Å². The fraction of sp³-hybridized carbons (Fsp3) is 0.250. The van der Waals surface area contributed by atoms with Gasteiger partial charge in [0.05, 0.1) is 21.2 Å². The molecule has 2 aliphatic rings. The molecule has 2 aliphatic heterocycles. The molecule has 0 bridgehead atoms. The largest absolute Gasteiger partial charge is 0.345 e. The van der Waals surface area contributed by atoms with E-state index < -0.39 is 43.3 Å². The van der Waals surface area contributed by atoms with Gasteiger partial charge in [0.2, 0.25) is 20.0 Å². The molecule has 0 spiro atoms. The number of sulfonamides is 2. The van der Waals surface area contributed by atoms with Crippen LogP contribution in [0.4, 0.5) is 27.8 Å².